The van der Waals surface area contributed by atoms with Crippen LogP contribution in [-0.4, -0.2) is 48.1 Å². The van der Waals surface area contributed by atoms with E-state index in [1.165, 1.54) is 12.1 Å². The maximum absolute atomic E-state index is 13.4. The highest BCUT2D eigenvalue weighted by Crippen LogP contribution is 2.28. The van der Waals surface area contributed by atoms with Crippen LogP contribution in [0.2, 0.25) is 0 Å². The van der Waals surface area contributed by atoms with Crippen LogP contribution in [0.3, 0.4) is 0 Å². The van der Waals surface area contributed by atoms with Gasteiger partial charge in [0.1, 0.15) is 5.82 Å². The highest BCUT2D eigenvalue weighted by Gasteiger charge is 2.32. The van der Waals surface area contributed by atoms with Crippen LogP contribution in [0.1, 0.15) is 47.4 Å². The van der Waals surface area contributed by atoms with Gasteiger partial charge >= 0.3 is 0 Å². The van der Waals surface area contributed by atoms with Gasteiger partial charge in [0.2, 0.25) is 10.0 Å². The second-order valence-corrected chi connectivity index (χ2v) is 10.6. The Morgan fingerprint density at radius 2 is 1.65 bits per heavy atom. The normalized spacial score (nSPS) is 16.9. The van der Waals surface area contributed by atoms with Crippen LogP contribution < -0.4 is 4.72 Å². The Kier molecular flexibility index (Phi) is 6.22. The smallest absolute Gasteiger partial charge is 0.274 e. The number of nitrogens with zero attached hydrogens (tertiary/aromatic N) is 3. The van der Waals surface area contributed by atoms with Crippen LogP contribution in [0.25, 0.3) is 5.69 Å². The molecule has 5 rings (SSSR count). The number of amides is 1. The van der Waals surface area contributed by atoms with Gasteiger partial charge in [0.05, 0.1) is 10.6 Å². The fraction of sp³-hybridized carbons (Fsp3) is 0.360. The molecule has 1 saturated heterocycles. The highest BCUT2D eigenvalue weighted by atomic mass is 32.2. The number of fused-ring (bicyclic) bond motifs is 1. The van der Waals surface area contributed by atoms with E-state index in [2.05, 4.69) is 9.82 Å². The van der Waals surface area contributed by atoms with Crippen molar-refractivity contribution in [2.24, 2.45) is 0 Å². The predicted octanol–water partition coefficient (Wildman–Crippen LogP) is 3.47. The summed E-state index contributed by atoms with van der Waals surface area (Å²) in [5.74, 6) is -0.435. The lowest BCUT2D eigenvalue weighted by atomic mass is 9.95. The van der Waals surface area contributed by atoms with E-state index < -0.39 is 10.0 Å². The van der Waals surface area contributed by atoms with E-state index in [1.54, 1.807) is 52.0 Å². The molecule has 1 aliphatic carbocycles. The summed E-state index contributed by atoms with van der Waals surface area (Å²) in [6, 6.07) is 14.2. The standard InChI is InChI=1S/C25H27FN4O3S/c26-18-10-12-20(13-11-18)30-23-9-5-4-8-22(23)24(27-30)25(31)29-16-14-19(15-17-29)28-34(32,33)21-6-2-1-3-7-21/h1-3,6-7,10-13,19,28H,4-5,8-9,14-17H2. The molecule has 2 aliphatic rings. The molecule has 1 fully saturated rings. The molecular formula is C25H27FN4O3S. The summed E-state index contributed by atoms with van der Waals surface area (Å²) in [6.45, 7) is 0.915. The zero-order valence-corrected chi connectivity index (χ0v) is 19.6. The summed E-state index contributed by atoms with van der Waals surface area (Å²) < 4.78 is 43.2. The lowest BCUT2D eigenvalue weighted by molar-refractivity contribution is 0.0703. The van der Waals surface area contributed by atoms with E-state index in [9.17, 15) is 17.6 Å². The molecule has 1 amide bonds. The van der Waals surface area contributed by atoms with Crippen molar-refractivity contribution in [2.45, 2.75) is 49.5 Å². The van der Waals surface area contributed by atoms with E-state index in [4.69, 9.17) is 0 Å². The van der Waals surface area contributed by atoms with E-state index in [0.717, 1.165) is 42.6 Å². The first-order valence-electron chi connectivity index (χ1n) is 11.7. The molecule has 0 unspecified atom stereocenters. The summed E-state index contributed by atoms with van der Waals surface area (Å²) in [5.41, 5.74) is 3.20. The molecule has 0 atom stereocenters. The maximum Gasteiger partial charge on any atom is 0.274 e. The number of hydrogen-bond acceptors (Lipinski definition) is 4. The van der Waals surface area contributed by atoms with Crippen molar-refractivity contribution in [1.29, 1.82) is 0 Å². The van der Waals surface area contributed by atoms with Crippen LogP contribution in [0.15, 0.2) is 59.5 Å². The van der Waals surface area contributed by atoms with Crippen molar-refractivity contribution in [3.8, 4) is 5.69 Å². The lowest BCUT2D eigenvalue weighted by Gasteiger charge is -2.32. The van der Waals surface area contributed by atoms with Gasteiger partial charge in [-0.25, -0.2) is 22.2 Å². The Morgan fingerprint density at radius 3 is 2.35 bits per heavy atom. The average molecular weight is 483 g/mol. The number of hydrogen-bond donors (Lipinski definition) is 1. The monoisotopic (exact) mass is 482 g/mol. The lowest BCUT2D eigenvalue weighted by Crippen LogP contribution is -2.46. The van der Waals surface area contributed by atoms with E-state index in [1.807, 2.05) is 0 Å². The number of nitrogens with one attached hydrogen (secondary N) is 1. The van der Waals surface area contributed by atoms with Crippen molar-refractivity contribution in [2.75, 3.05) is 13.1 Å². The minimum Gasteiger partial charge on any atom is -0.337 e. The van der Waals surface area contributed by atoms with Gasteiger partial charge in [-0.1, -0.05) is 18.2 Å². The molecule has 7 nitrogen and oxygen atoms in total. The van der Waals surface area contributed by atoms with Crippen molar-refractivity contribution in [3.63, 3.8) is 0 Å². The molecule has 1 aliphatic heterocycles. The first-order valence-corrected chi connectivity index (χ1v) is 13.1. The van der Waals surface area contributed by atoms with Crippen LogP contribution in [-0.2, 0) is 22.9 Å². The molecule has 3 aromatic rings. The summed E-state index contributed by atoms with van der Waals surface area (Å²) in [6.07, 6.45) is 4.74. The zero-order chi connectivity index (χ0) is 23.7. The molecule has 1 N–H and O–H groups in total. The molecule has 1 aromatic heterocycles. The first kappa shape index (κ1) is 22.7. The fourth-order valence-electron chi connectivity index (χ4n) is 4.80. The minimum absolute atomic E-state index is 0.122. The summed E-state index contributed by atoms with van der Waals surface area (Å²) >= 11 is 0. The summed E-state index contributed by atoms with van der Waals surface area (Å²) in [5, 5.41) is 4.68. The number of rotatable bonds is 5. The van der Waals surface area contributed by atoms with Crippen LogP contribution >= 0.6 is 0 Å². The number of carbonyl (C=O) groups excluding carboxylic acids is 1. The highest BCUT2D eigenvalue weighted by molar-refractivity contribution is 7.89. The van der Waals surface area contributed by atoms with Gasteiger partial charge in [0.25, 0.3) is 5.91 Å². The molecule has 0 spiro atoms. The van der Waals surface area contributed by atoms with Crippen molar-refractivity contribution < 1.29 is 17.6 Å². The van der Waals surface area contributed by atoms with Gasteiger partial charge in [-0.2, -0.15) is 5.10 Å². The molecule has 0 bridgehead atoms. The van der Waals surface area contributed by atoms with Gasteiger partial charge in [0.15, 0.2) is 5.69 Å². The van der Waals surface area contributed by atoms with Gasteiger partial charge in [0, 0.05) is 30.4 Å². The largest absolute Gasteiger partial charge is 0.337 e. The molecule has 0 radical (unpaired) electrons. The van der Waals surface area contributed by atoms with Crippen LogP contribution in [0, 0.1) is 5.82 Å². The van der Waals surface area contributed by atoms with E-state index >= 15 is 0 Å². The molecule has 178 valence electrons. The Hall–Kier alpha value is -3.04. The molecule has 2 heterocycles. The van der Waals surface area contributed by atoms with E-state index in [-0.39, 0.29) is 22.7 Å². The van der Waals surface area contributed by atoms with Crippen LogP contribution in [0.4, 0.5) is 4.39 Å². The second kappa shape index (κ2) is 9.31. The Labute approximate surface area is 198 Å². The predicted molar refractivity (Wildman–Crippen MR) is 126 cm³/mol. The molecule has 9 heteroatoms. The Bertz CT molecular complexity index is 1280. The third-order valence-corrected chi connectivity index (χ3v) is 8.15. The first-order chi connectivity index (χ1) is 16.4. The number of benzene rings is 2. The summed E-state index contributed by atoms with van der Waals surface area (Å²) in [4.78, 5) is 15.4. The number of aromatic nitrogens is 2. The number of halogens is 1. The quantitative estimate of drug-likeness (QED) is 0.604. The minimum atomic E-state index is -3.59. The molecule has 0 saturated carbocycles. The zero-order valence-electron chi connectivity index (χ0n) is 18.8. The third-order valence-electron chi connectivity index (χ3n) is 6.61. The Morgan fingerprint density at radius 1 is 0.971 bits per heavy atom. The van der Waals surface area contributed by atoms with Crippen molar-refractivity contribution in [1.82, 2.24) is 19.4 Å². The number of piperidine rings is 1. The molecular weight excluding hydrogens is 455 g/mol. The Balaban J connectivity index is 1.31. The number of carbonyl (C=O) groups is 1. The van der Waals surface area contributed by atoms with Crippen molar-refractivity contribution >= 4 is 15.9 Å². The number of sulfonamides is 1. The third kappa shape index (κ3) is 4.50. The maximum atomic E-state index is 13.4. The van der Waals surface area contributed by atoms with Crippen LogP contribution in [0.5, 0.6) is 0 Å². The number of likely N-dealkylation sites (tertiary alicyclic amines) is 1. The van der Waals surface area contributed by atoms with Crippen molar-refractivity contribution in [3.05, 3.63) is 77.4 Å². The van der Waals surface area contributed by atoms with E-state index in [0.29, 0.717) is 31.6 Å². The van der Waals surface area contributed by atoms with Gasteiger partial charge in [-0.05, 0) is 74.9 Å². The topological polar surface area (TPSA) is 84.3 Å². The van der Waals surface area contributed by atoms with Gasteiger partial charge < -0.3 is 4.90 Å². The average Bonchev–Trinajstić information content (AvgIpc) is 3.25. The molecule has 34 heavy (non-hydrogen) atoms. The van der Waals surface area contributed by atoms with Gasteiger partial charge in [-0.15, -0.1) is 0 Å². The summed E-state index contributed by atoms with van der Waals surface area (Å²) in [7, 11) is -3.59. The second-order valence-electron chi connectivity index (χ2n) is 8.87. The fourth-order valence-corrected chi connectivity index (χ4v) is 6.13. The van der Waals surface area contributed by atoms with Gasteiger partial charge in [-0.3, -0.25) is 4.79 Å². The SMILES string of the molecule is O=C(c1nn(-c2ccc(F)cc2)c2c1CCCC2)N1CCC(NS(=O)(=O)c2ccccc2)CC1. The molecule has 2 aromatic carbocycles.